The Kier molecular flexibility index (Phi) is 5.25. The topological polar surface area (TPSA) is 62.5 Å². The van der Waals surface area contributed by atoms with Crippen LogP contribution in [-0.4, -0.2) is 54.9 Å². The molecular formula is C20H24N4OS. The van der Waals surface area contributed by atoms with Crippen molar-refractivity contribution in [2.24, 2.45) is 0 Å². The van der Waals surface area contributed by atoms with Gasteiger partial charge < -0.3 is 15.5 Å². The van der Waals surface area contributed by atoms with Gasteiger partial charge in [0.05, 0.1) is 10.2 Å². The Balaban J connectivity index is 1.83. The molecule has 6 heteroatoms. The Morgan fingerprint density at radius 1 is 1.12 bits per heavy atom. The molecule has 0 bridgehead atoms. The molecule has 26 heavy (non-hydrogen) atoms. The van der Waals surface area contributed by atoms with Crippen LogP contribution in [0, 0.1) is 6.92 Å². The van der Waals surface area contributed by atoms with Crippen LogP contribution in [0.5, 0.6) is 0 Å². The van der Waals surface area contributed by atoms with Gasteiger partial charge in [0.15, 0.2) is 5.13 Å². The molecule has 0 saturated heterocycles. The number of rotatable bonds is 5. The van der Waals surface area contributed by atoms with Gasteiger partial charge in [0.2, 0.25) is 0 Å². The molecule has 3 aromatic rings. The number of hydrogen-bond donors (Lipinski definition) is 1. The van der Waals surface area contributed by atoms with Gasteiger partial charge in [-0.25, -0.2) is 4.98 Å². The molecule has 0 atom stereocenters. The number of hydrogen-bond acceptors (Lipinski definition) is 5. The number of fused-ring (bicyclic) bond motifs is 1. The largest absolute Gasteiger partial charge is 0.375 e. The molecule has 3 rings (SSSR count). The SMILES string of the molecule is Cc1cc2sc(N)nc2cc1-c1ccc(C(=O)N(C)CCN(C)C)cc1. The zero-order valence-electron chi connectivity index (χ0n) is 15.6. The van der Waals surface area contributed by atoms with E-state index in [1.807, 2.05) is 45.4 Å². The number of likely N-dealkylation sites (N-methyl/N-ethyl adjacent to an activating group) is 2. The van der Waals surface area contributed by atoms with Crippen LogP contribution in [0.15, 0.2) is 36.4 Å². The average Bonchev–Trinajstić information content (AvgIpc) is 2.97. The number of nitrogen functional groups attached to an aromatic ring is 1. The highest BCUT2D eigenvalue weighted by Gasteiger charge is 2.13. The van der Waals surface area contributed by atoms with Gasteiger partial charge in [-0.2, -0.15) is 0 Å². The average molecular weight is 369 g/mol. The molecule has 0 aliphatic rings. The number of nitrogens with two attached hydrogens (primary N) is 1. The first-order valence-electron chi connectivity index (χ1n) is 8.52. The lowest BCUT2D eigenvalue weighted by atomic mass is 9.99. The number of aromatic nitrogens is 1. The molecule has 0 saturated carbocycles. The molecule has 0 radical (unpaired) electrons. The van der Waals surface area contributed by atoms with E-state index in [0.717, 1.165) is 27.9 Å². The third kappa shape index (κ3) is 3.86. The van der Waals surface area contributed by atoms with Crippen LogP contribution in [-0.2, 0) is 0 Å². The summed E-state index contributed by atoms with van der Waals surface area (Å²) in [7, 11) is 5.84. The highest BCUT2D eigenvalue weighted by Crippen LogP contribution is 2.32. The van der Waals surface area contributed by atoms with Crippen molar-refractivity contribution in [1.29, 1.82) is 0 Å². The van der Waals surface area contributed by atoms with Crippen LogP contribution in [0.25, 0.3) is 21.3 Å². The van der Waals surface area contributed by atoms with Crippen molar-refractivity contribution in [3.05, 3.63) is 47.5 Å². The number of thiazole rings is 1. The van der Waals surface area contributed by atoms with Crippen LogP contribution in [0.3, 0.4) is 0 Å². The van der Waals surface area contributed by atoms with Crippen LogP contribution in [0.1, 0.15) is 15.9 Å². The third-order valence-electron chi connectivity index (χ3n) is 4.42. The van der Waals surface area contributed by atoms with E-state index in [0.29, 0.717) is 17.2 Å². The van der Waals surface area contributed by atoms with Crippen molar-refractivity contribution in [3.8, 4) is 11.1 Å². The number of carbonyl (C=O) groups is 1. The van der Waals surface area contributed by atoms with Gasteiger partial charge >= 0.3 is 0 Å². The predicted octanol–water partition coefficient (Wildman–Crippen LogP) is 3.49. The number of amides is 1. The Hall–Kier alpha value is -2.44. The van der Waals surface area contributed by atoms with Gasteiger partial charge in [-0.3, -0.25) is 4.79 Å². The van der Waals surface area contributed by atoms with E-state index in [4.69, 9.17) is 5.73 Å². The van der Waals surface area contributed by atoms with Crippen molar-refractivity contribution in [2.75, 3.05) is 40.0 Å². The van der Waals surface area contributed by atoms with E-state index < -0.39 is 0 Å². The number of nitrogens with zero attached hydrogens (tertiary/aromatic N) is 3. The van der Waals surface area contributed by atoms with Crippen molar-refractivity contribution in [1.82, 2.24) is 14.8 Å². The zero-order chi connectivity index (χ0) is 18.8. The van der Waals surface area contributed by atoms with E-state index in [9.17, 15) is 4.79 Å². The lowest BCUT2D eigenvalue weighted by molar-refractivity contribution is 0.0786. The quantitative estimate of drug-likeness (QED) is 0.749. The third-order valence-corrected chi connectivity index (χ3v) is 5.27. The maximum absolute atomic E-state index is 12.5. The first-order chi connectivity index (χ1) is 12.3. The Bertz CT molecular complexity index is 931. The number of anilines is 1. The van der Waals surface area contributed by atoms with Gasteiger partial charge in [0.25, 0.3) is 5.91 Å². The molecule has 2 N–H and O–H groups in total. The molecule has 1 heterocycles. The molecule has 2 aromatic carbocycles. The summed E-state index contributed by atoms with van der Waals surface area (Å²) in [6.45, 7) is 3.63. The minimum Gasteiger partial charge on any atom is -0.375 e. The summed E-state index contributed by atoms with van der Waals surface area (Å²) in [5, 5.41) is 0.582. The molecule has 0 unspecified atom stereocenters. The summed E-state index contributed by atoms with van der Waals surface area (Å²) in [6.07, 6.45) is 0. The molecule has 0 aliphatic heterocycles. The first kappa shape index (κ1) is 18.4. The van der Waals surface area contributed by atoms with Gasteiger partial charge in [-0.1, -0.05) is 23.5 Å². The minimum atomic E-state index is 0.0397. The summed E-state index contributed by atoms with van der Waals surface area (Å²) >= 11 is 1.50. The lowest BCUT2D eigenvalue weighted by Crippen LogP contribution is -2.33. The second-order valence-corrected chi connectivity index (χ2v) is 7.86. The van der Waals surface area contributed by atoms with Crippen LogP contribution in [0.2, 0.25) is 0 Å². The van der Waals surface area contributed by atoms with Crippen molar-refractivity contribution in [2.45, 2.75) is 6.92 Å². The fourth-order valence-electron chi connectivity index (χ4n) is 2.87. The maximum Gasteiger partial charge on any atom is 0.253 e. The summed E-state index contributed by atoms with van der Waals surface area (Å²) in [4.78, 5) is 20.7. The number of aryl methyl sites for hydroxylation is 1. The second-order valence-electron chi connectivity index (χ2n) is 6.79. The normalized spacial score (nSPS) is 11.3. The van der Waals surface area contributed by atoms with Crippen molar-refractivity contribution >= 4 is 32.6 Å². The van der Waals surface area contributed by atoms with Gasteiger partial charge in [-0.15, -0.1) is 0 Å². The summed E-state index contributed by atoms with van der Waals surface area (Å²) in [5.74, 6) is 0.0397. The van der Waals surface area contributed by atoms with Gasteiger partial charge in [0, 0.05) is 25.7 Å². The van der Waals surface area contributed by atoms with Crippen molar-refractivity contribution in [3.63, 3.8) is 0 Å². The summed E-state index contributed by atoms with van der Waals surface area (Å²) < 4.78 is 1.10. The van der Waals surface area contributed by atoms with Gasteiger partial charge in [-0.05, 0) is 62.0 Å². The zero-order valence-corrected chi connectivity index (χ0v) is 16.4. The fraction of sp³-hybridized carbons (Fsp3) is 0.300. The van der Waals surface area contributed by atoms with Crippen molar-refractivity contribution < 1.29 is 4.79 Å². The first-order valence-corrected chi connectivity index (χ1v) is 9.34. The Morgan fingerprint density at radius 2 is 1.81 bits per heavy atom. The maximum atomic E-state index is 12.5. The van der Waals surface area contributed by atoms with E-state index in [1.54, 1.807) is 4.90 Å². The van der Waals surface area contributed by atoms with E-state index >= 15 is 0 Å². The lowest BCUT2D eigenvalue weighted by Gasteiger charge is -2.20. The second kappa shape index (κ2) is 7.43. The fourth-order valence-corrected chi connectivity index (χ4v) is 3.68. The molecule has 0 fully saturated rings. The predicted molar refractivity (Wildman–Crippen MR) is 110 cm³/mol. The molecule has 1 amide bonds. The van der Waals surface area contributed by atoms with Crippen LogP contribution < -0.4 is 5.73 Å². The number of carbonyl (C=O) groups excluding carboxylic acids is 1. The Morgan fingerprint density at radius 3 is 2.46 bits per heavy atom. The van der Waals surface area contributed by atoms with E-state index in [1.165, 1.54) is 16.9 Å². The molecular weight excluding hydrogens is 344 g/mol. The smallest absolute Gasteiger partial charge is 0.253 e. The monoisotopic (exact) mass is 368 g/mol. The van der Waals surface area contributed by atoms with Crippen LogP contribution in [0.4, 0.5) is 5.13 Å². The molecule has 136 valence electrons. The van der Waals surface area contributed by atoms with E-state index in [-0.39, 0.29) is 5.91 Å². The summed E-state index contributed by atoms with van der Waals surface area (Å²) in [5.41, 5.74) is 10.8. The molecule has 1 aromatic heterocycles. The minimum absolute atomic E-state index is 0.0397. The van der Waals surface area contributed by atoms with Gasteiger partial charge in [0.1, 0.15) is 0 Å². The standard InChI is InChI=1S/C20H24N4OS/c1-13-11-18-17(22-20(21)26-18)12-16(13)14-5-7-15(8-6-14)19(25)24(4)10-9-23(2)3/h5-8,11-12H,9-10H2,1-4H3,(H2,21,22). The highest BCUT2D eigenvalue weighted by atomic mass is 32.1. The Labute approximate surface area is 158 Å². The van der Waals surface area contributed by atoms with E-state index in [2.05, 4.69) is 28.9 Å². The summed E-state index contributed by atoms with van der Waals surface area (Å²) in [6, 6.07) is 12.0. The molecule has 5 nitrogen and oxygen atoms in total. The number of benzene rings is 2. The molecule has 0 spiro atoms. The molecule has 0 aliphatic carbocycles. The van der Waals surface area contributed by atoms with Crippen LogP contribution >= 0.6 is 11.3 Å². The highest BCUT2D eigenvalue weighted by molar-refractivity contribution is 7.22.